The number of amides is 2. The molecule has 1 aromatic heterocycles. The highest BCUT2D eigenvalue weighted by molar-refractivity contribution is 5.75. The standard InChI is InChI=1S/C16H22F2N4O2/c1-21-6-3-12-4-7-22(13(12)10-21)16(23)20-9-11-2-5-19-14(8-11)24-15(17)18/h2,5,8,12-13,15H,3-4,6-7,9-10H2,1H3,(H,20,23)/t12-,13-/m1/s1. The molecule has 2 amide bonds. The van der Waals surface area contributed by atoms with E-state index in [9.17, 15) is 13.6 Å². The van der Waals surface area contributed by atoms with Gasteiger partial charge in [-0.05, 0) is 44.0 Å². The molecule has 0 saturated carbocycles. The van der Waals surface area contributed by atoms with Crippen molar-refractivity contribution in [2.75, 3.05) is 26.7 Å². The first-order chi connectivity index (χ1) is 11.5. The summed E-state index contributed by atoms with van der Waals surface area (Å²) in [4.78, 5) is 20.3. The molecule has 0 aromatic carbocycles. The van der Waals surface area contributed by atoms with E-state index in [1.165, 1.54) is 12.3 Å². The number of likely N-dealkylation sites (tertiary alicyclic amines) is 2. The predicted octanol–water partition coefficient (Wildman–Crippen LogP) is 1.92. The number of pyridine rings is 1. The SMILES string of the molecule is CN1CC[C@@H]2CCN(C(=O)NCc3ccnc(OC(F)F)c3)[C@@H]2C1. The highest BCUT2D eigenvalue weighted by Crippen LogP contribution is 2.31. The molecule has 6 nitrogen and oxygen atoms in total. The van der Waals surface area contributed by atoms with E-state index in [0.717, 1.165) is 32.5 Å². The predicted molar refractivity (Wildman–Crippen MR) is 83.8 cm³/mol. The van der Waals surface area contributed by atoms with Crippen molar-refractivity contribution < 1.29 is 18.3 Å². The number of ether oxygens (including phenoxy) is 1. The van der Waals surface area contributed by atoms with Crippen LogP contribution in [0, 0.1) is 5.92 Å². The van der Waals surface area contributed by atoms with Crippen LogP contribution in [0.4, 0.5) is 13.6 Å². The second-order valence-corrected chi connectivity index (χ2v) is 6.40. The molecular weight excluding hydrogens is 318 g/mol. The maximum atomic E-state index is 12.5. The maximum Gasteiger partial charge on any atom is 0.388 e. The van der Waals surface area contributed by atoms with E-state index >= 15 is 0 Å². The largest absolute Gasteiger partial charge is 0.417 e. The number of hydrogen-bond donors (Lipinski definition) is 1. The lowest BCUT2D eigenvalue weighted by Crippen LogP contribution is -2.51. The molecule has 2 saturated heterocycles. The van der Waals surface area contributed by atoms with Crippen LogP contribution in [-0.2, 0) is 6.54 Å². The van der Waals surface area contributed by atoms with E-state index in [1.54, 1.807) is 6.07 Å². The number of alkyl halides is 2. The van der Waals surface area contributed by atoms with Crippen molar-refractivity contribution in [1.29, 1.82) is 0 Å². The van der Waals surface area contributed by atoms with Crippen molar-refractivity contribution in [3.05, 3.63) is 23.9 Å². The molecule has 132 valence electrons. The Kier molecular flexibility index (Phi) is 5.13. The zero-order valence-electron chi connectivity index (χ0n) is 13.6. The highest BCUT2D eigenvalue weighted by atomic mass is 19.3. The van der Waals surface area contributed by atoms with Crippen LogP contribution in [0.1, 0.15) is 18.4 Å². The number of rotatable bonds is 4. The number of nitrogens with one attached hydrogen (secondary N) is 1. The fraction of sp³-hybridized carbons (Fsp3) is 0.625. The number of nitrogens with zero attached hydrogens (tertiary/aromatic N) is 3. The van der Waals surface area contributed by atoms with E-state index in [1.807, 2.05) is 4.90 Å². The smallest absolute Gasteiger partial charge is 0.388 e. The number of aromatic nitrogens is 1. The van der Waals surface area contributed by atoms with Gasteiger partial charge in [-0.25, -0.2) is 9.78 Å². The Morgan fingerprint density at radius 1 is 1.46 bits per heavy atom. The quantitative estimate of drug-likeness (QED) is 0.910. The molecule has 24 heavy (non-hydrogen) atoms. The molecular formula is C16H22F2N4O2. The van der Waals surface area contributed by atoms with Gasteiger partial charge >= 0.3 is 12.6 Å². The molecule has 0 radical (unpaired) electrons. The average molecular weight is 340 g/mol. The number of halogens is 2. The summed E-state index contributed by atoms with van der Waals surface area (Å²) in [7, 11) is 2.08. The van der Waals surface area contributed by atoms with Crippen molar-refractivity contribution in [1.82, 2.24) is 20.1 Å². The Morgan fingerprint density at radius 2 is 2.25 bits per heavy atom. The third kappa shape index (κ3) is 3.92. The van der Waals surface area contributed by atoms with Crippen molar-refractivity contribution in [2.24, 2.45) is 5.92 Å². The molecule has 0 unspecified atom stereocenters. The lowest BCUT2D eigenvalue weighted by molar-refractivity contribution is -0.0529. The number of fused-ring (bicyclic) bond motifs is 1. The Hall–Kier alpha value is -1.96. The average Bonchev–Trinajstić information content (AvgIpc) is 2.95. The second kappa shape index (κ2) is 7.29. The molecule has 0 spiro atoms. The molecule has 2 aliphatic heterocycles. The molecule has 2 fully saturated rings. The van der Waals surface area contributed by atoms with Gasteiger partial charge in [0, 0.05) is 37.9 Å². The number of urea groups is 1. The van der Waals surface area contributed by atoms with Gasteiger partial charge in [-0.15, -0.1) is 0 Å². The number of hydrogen-bond acceptors (Lipinski definition) is 4. The molecule has 2 atom stereocenters. The summed E-state index contributed by atoms with van der Waals surface area (Å²) in [6, 6.07) is 3.23. The van der Waals surface area contributed by atoms with Gasteiger partial charge in [0.2, 0.25) is 5.88 Å². The van der Waals surface area contributed by atoms with Crippen LogP contribution >= 0.6 is 0 Å². The van der Waals surface area contributed by atoms with Crippen LogP contribution in [0.15, 0.2) is 18.3 Å². The summed E-state index contributed by atoms with van der Waals surface area (Å²) < 4.78 is 28.7. The maximum absolute atomic E-state index is 12.5. The Balaban J connectivity index is 1.56. The Bertz CT molecular complexity index is 587. The third-order valence-electron chi connectivity index (χ3n) is 4.78. The zero-order chi connectivity index (χ0) is 17.1. The van der Waals surface area contributed by atoms with Gasteiger partial charge in [-0.3, -0.25) is 0 Å². The molecule has 8 heteroatoms. The summed E-state index contributed by atoms with van der Waals surface area (Å²) in [6.07, 6.45) is 3.57. The van der Waals surface area contributed by atoms with Crippen molar-refractivity contribution in [2.45, 2.75) is 32.0 Å². The van der Waals surface area contributed by atoms with Gasteiger partial charge in [-0.2, -0.15) is 8.78 Å². The van der Waals surface area contributed by atoms with Crippen molar-refractivity contribution in [3.63, 3.8) is 0 Å². The highest BCUT2D eigenvalue weighted by Gasteiger charge is 2.39. The lowest BCUT2D eigenvalue weighted by Gasteiger charge is -2.36. The van der Waals surface area contributed by atoms with E-state index in [0.29, 0.717) is 11.5 Å². The van der Waals surface area contributed by atoms with Crippen molar-refractivity contribution >= 4 is 6.03 Å². The van der Waals surface area contributed by atoms with Crippen molar-refractivity contribution in [3.8, 4) is 5.88 Å². The van der Waals surface area contributed by atoms with Gasteiger partial charge in [-0.1, -0.05) is 0 Å². The van der Waals surface area contributed by atoms with Crippen LogP contribution in [0.3, 0.4) is 0 Å². The first kappa shape index (κ1) is 16.9. The summed E-state index contributed by atoms with van der Waals surface area (Å²) >= 11 is 0. The molecule has 2 aliphatic rings. The minimum absolute atomic E-state index is 0.106. The number of piperidine rings is 1. The van der Waals surface area contributed by atoms with E-state index < -0.39 is 6.61 Å². The normalized spacial score (nSPS) is 24.1. The molecule has 0 bridgehead atoms. The molecule has 1 N–H and O–H groups in total. The Morgan fingerprint density at radius 3 is 3.04 bits per heavy atom. The van der Waals surface area contributed by atoms with Crippen LogP contribution in [0.2, 0.25) is 0 Å². The second-order valence-electron chi connectivity index (χ2n) is 6.40. The summed E-state index contributed by atoms with van der Waals surface area (Å²) in [6.45, 7) is 0.0999. The van der Waals surface area contributed by atoms with E-state index in [4.69, 9.17) is 0 Å². The first-order valence-electron chi connectivity index (χ1n) is 8.15. The monoisotopic (exact) mass is 340 g/mol. The van der Waals surface area contributed by atoms with Crippen LogP contribution in [0.25, 0.3) is 0 Å². The minimum Gasteiger partial charge on any atom is -0.417 e. The van der Waals surface area contributed by atoms with Gasteiger partial charge < -0.3 is 19.9 Å². The minimum atomic E-state index is -2.91. The molecule has 3 rings (SSSR count). The molecule has 3 heterocycles. The number of carbonyl (C=O) groups excluding carboxylic acids is 1. The third-order valence-corrected chi connectivity index (χ3v) is 4.78. The van der Waals surface area contributed by atoms with Crippen LogP contribution in [0.5, 0.6) is 5.88 Å². The summed E-state index contributed by atoms with van der Waals surface area (Å²) in [5.41, 5.74) is 0.672. The fourth-order valence-corrected chi connectivity index (χ4v) is 3.55. The van der Waals surface area contributed by atoms with Crippen LogP contribution in [-0.4, -0.2) is 60.2 Å². The van der Waals surface area contributed by atoms with Gasteiger partial charge in [0.05, 0.1) is 0 Å². The Labute approximate surface area is 139 Å². The number of carbonyl (C=O) groups is 1. The number of likely N-dealkylation sites (N-methyl/N-ethyl adjacent to an activating group) is 1. The summed E-state index contributed by atoms with van der Waals surface area (Å²) in [5, 5.41) is 2.87. The first-order valence-corrected chi connectivity index (χ1v) is 8.15. The molecule has 1 aromatic rings. The van der Waals surface area contributed by atoms with E-state index in [-0.39, 0.29) is 24.5 Å². The van der Waals surface area contributed by atoms with Crippen LogP contribution < -0.4 is 10.1 Å². The lowest BCUT2D eigenvalue weighted by atomic mass is 9.92. The van der Waals surface area contributed by atoms with Gasteiger partial charge in [0.1, 0.15) is 0 Å². The molecule has 0 aliphatic carbocycles. The summed E-state index contributed by atoms with van der Waals surface area (Å²) in [5.74, 6) is 0.436. The fourth-order valence-electron chi connectivity index (χ4n) is 3.55. The topological polar surface area (TPSA) is 57.7 Å². The zero-order valence-corrected chi connectivity index (χ0v) is 13.6. The van der Waals surface area contributed by atoms with E-state index in [2.05, 4.69) is 27.0 Å². The van der Waals surface area contributed by atoms with Gasteiger partial charge in [0.15, 0.2) is 0 Å². The van der Waals surface area contributed by atoms with Gasteiger partial charge in [0.25, 0.3) is 0 Å².